The van der Waals surface area contributed by atoms with E-state index < -0.39 is 11.5 Å². The van der Waals surface area contributed by atoms with Crippen LogP contribution in [0.4, 0.5) is 10.5 Å². The number of hydrogen-bond acceptors (Lipinski definition) is 4. The molecule has 214 valence electrons. The zero-order chi connectivity index (χ0) is 28.1. The predicted molar refractivity (Wildman–Crippen MR) is 157 cm³/mol. The van der Waals surface area contributed by atoms with Gasteiger partial charge in [-0.2, -0.15) is 0 Å². The Hall–Kier alpha value is -3.39. The Labute approximate surface area is 237 Å². The number of carbonyl (C=O) groups is 3. The van der Waals surface area contributed by atoms with E-state index in [2.05, 4.69) is 28.1 Å². The molecule has 4 amide bonds. The van der Waals surface area contributed by atoms with E-state index in [4.69, 9.17) is 0 Å². The standard InChI is InChI=1S/C32H43N5O3/c1-32(2)26-12-6-7-13-28(26)37(30(32)39)25-16-19-36(20-17-25)29(38)27(15-14-23-9-4-3-5-10-23)35-31(40)34-22-24-11-8-18-33-21-24/h3-7,9-10,12-13,24-25,27,33H,8,11,14-22H2,1-2H3,(H2,34,35,40). The lowest BCUT2D eigenvalue weighted by Crippen LogP contribution is -2.55. The molecule has 0 bridgehead atoms. The Morgan fingerprint density at radius 1 is 1.02 bits per heavy atom. The fourth-order valence-corrected chi connectivity index (χ4v) is 6.42. The fraction of sp³-hybridized carbons (Fsp3) is 0.531. The lowest BCUT2D eigenvalue weighted by molar-refractivity contribution is -0.134. The average Bonchev–Trinajstić information content (AvgIpc) is 3.19. The maximum atomic E-state index is 13.7. The lowest BCUT2D eigenvalue weighted by atomic mass is 9.86. The van der Waals surface area contributed by atoms with Crippen LogP contribution >= 0.6 is 0 Å². The number of fused-ring (bicyclic) bond motifs is 1. The van der Waals surface area contributed by atoms with Gasteiger partial charge in [0.15, 0.2) is 0 Å². The van der Waals surface area contributed by atoms with Gasteiger partial charge in [-0.1, -0.05) is 48.5 Å². The number of para-hydroxylation sites is 1. The largest absolute Gasteiger partial charge is 0.341 e. The van der Waals surface area contributed by atoms with Crippen molar-refractivity contribution in [1.29, 1.82) is 0 Å². The van der Waals surface area contributed by atoms with Crippen LogP contribution in [0, 0.1) is 5.92 Å². The summed E-state index contributed by atoms with van der Waals surface area (Å²) in [5.41, 5.74) is 2.66. The molecule has 3 N–H and O–H groups in total. The van der Waals surface area contributed by atoms with Gasteiger partial charge in [0.05, 0.1) is 5.41 Å². The van der Waals surface area contributed by atoms with Crippen LogP contribution in [-0.4, -0.2) is 67.6 Å². The molecule has 8 heteroatoms. The highest BCUT2D eigenvalue weighted by molar-refractivity contribution is 6.08. The maximum absolute atomic E-state index is 13.7. The van der Waals surface area contributed by atoms with E-state index in [9.17, 15) is 14.4 Å². The van der Waals surface area contributed by atoms with Crippen LogP contribution in [0.3, 0.4) is 0 Å². The summed E-state index contributed by atoms with van der Waals surface area (Å²) in [5, 5.41) is 9.37. The summed E-state index contributed by atoms with van der Waals surface area (Å²) < 4.78 is 0. The molecule has 0 aromatic heterocycles. The number of piperidine rings is 2. The number of amides is 4. The van der Waals surface area contributed by atoms with E-state index in [0.29, 0.717) is 51.2 Å². The topological polar surface area (TPSA) is 93.8 Å². The normalized spacial score (nSPS) is 21.6. The molecule has 2 atom stereocenters. The summed E-state index contributed by atoms with van der Waals surface area (Å²) in [4.78, 5) is 43.9. The first kappa shape index (κ1) is 28.1. The second kappa shape index (κ2) is 12.4. The molecule has 40 heavy (non-hydrogen) atoms. The van der Waals surface area contributed by atoms with Crippen LogP contribution < -0.4 is 20.9 Å². The Kier molecular flexibility index (Phi) is 8.74. The molecule has 3 heterocycles. The van der Waals surface area contributed by atoms with Crippen molar-refractivity contribution < 1.29 is 14.4 Å². The van der Waals surface area contributed by atoms with Crippen molar-refractivity contribution in [3.05, 3.63) is 65.7 Å². The average molecular weight is 546 g/mol. The van der Waals surface area contributed by atoms with E-state index in [0.717, 1.165) is 42.7 Å². The number of nitrogens with one attached hydrogen (secondary N) is 3. The van der Waals surface area contributed by atoms with Gasteiger partial charge in [-0.3, -0.25) is 9.59 Å². The van der Waals surface area contributed by atoms with Gasteiger partial charge in [0.25, 0.3) is 0 Å². The molecule has 8 nitrogen and oxygen atoms in total. The minimum atomic E-state index is -0.602. The molecular formula is C32H43N5O3. The van der Waals surface area contributed by atoms with E-state index in [-0.39, 0.29) is 23.9 Å². The van der Waals surface area contributed by atoms with Crippen LogP contribution in [0.5, 0.6) is 0 Å². The summed E-state index contributed by atoms with van der Waals surface area (Å²) in [6.07, 6.45) is 4.89. The fourth-order valence-electron chi connectivity index (χ4n) is 6.42. The van der Waals surface area contributed by atoms with Gasteiger partial charge < -0.3 is 25.8 Å². The molecule has 0 radical (unpaired) electrons. The third-order valence-corrected chi connectivity index (χ3v) is 8.85. The van der Waals surface area contributed by atoms with Crippen LogP contribution in [0.1, 0.15) is 57.1 Å². The maximum Gasteiger partial charge on any atom is 0.315 e. The van der Waals surface area contributed by atoms with Gasteiger partial charge >= 0.3 is 6.03 Å². The Bertz CT molecular complexity index is 1190. The van der Waals surface area contributed by atoms with Gasteiger partial charge in [-0.05, 0) is 88.6 Å². The first-order chi connectivity index (χ1) is 19.3. The number of benzene rings is 2. The summed E-state index contributed by atoms with van der Waals surface area (Å²) in [7, 11) is 0. The molecule has 3 aliphatic rings. The second-order valence-electron chi connectivity index (χ2n) is 12.0. The monoisotopic (exact) mass is 545 g/mol. The van der Waals surface area contributed by atoms with Crippen molar-refractivity contribution >= 4 is 23.5 Å². The van der Waals surface area contributed by atoms with Crippen molar-refractivity contribution in [3.63, 3.8) is 0 Å². The minimum absolute atomic E-state index is 0.0441. The molecule has 2 saturated heterocycles. The van der Waals surface area contributed by atoms with E-state index in [1.807, 2.05) is 66.1 Å². The summed E-state index contributed by atoms with van der Waals surface area (Å²) in [6.45, 7) is 7.66. The molecule has 0 spiro atoms. The third kappa shape index (κ3) is 6.17. The zero-order valence-corrected chi connectivity index (χ0v) is 23.8. The van der Waals surface area contributed by atoms with Crippen molar-refractivity contribution in [3.8, 4) is 0 Å². The lowest BCUT2D eigenvalue weighted by Gasteiger charge is -2.38. The zero-order valence-electron chi connectivity index (χ0n) is 23.8. The van der Waals surface area contributed by atoms with Crippen LogP contribution in [0.25, 0.3) is 0 Å². The summed E-state index contributed by atoms with van der Waals surface area (Å²) in [6, 6.07) is 17.3. The van der Waals surface area contributed by atoms with Crippen molar-refractivity contribution in [1.82, 2.24) is 20.9 Å². The summed E-state index contributed by atoms with van der Waals surface area (Å²) >= 11 is 0. The van der Waals surface area contributed by atoms with Gasteiger partial charge in [0.1, 0.15) is 6.04 Å². The number of nitrogens with zero attached hydrogens (tertiary/aromatic N) is 2. The van der Waals surface area contributed by atoms with E-state index >= 15 is 0 Å². The SMILES string of the molecule is CC1(C)C(=O)N(C2CCN(C(=O)C(CCc3ccccc3)NC(=O)NCC3CCCNC3)CC2)c2ccccc21. The number of hydrogen-bond donors (Lipinski definition) is 3. The van der Waals surface area contributed by atoms with Crippen LogP contribution in [0.15, 0.2) is 54.6 Å². The molecule has 2 fully saturated rings. The number of carbonyl (C=O) groups excluding carboxylic acids is 3. The molecule has 0 saturated carbocycles. The highest BCUT2D eigenvalue weighted by Crippen LogP contribution is 2.43. The molecule has 5 rings (SSSR count). The molecule has 3 aliphatic heterocycles. The first-order valence-corrected chi connectivity index (χ1v) is 14.9. The third-order valence-electron chi connectivity index (χ3n) is 8.85. The summed E-state index contributed by atoms with van der Waals surface area (Å²) in [5.74, 6) is 0.503. The van der Waals surface area contributed by atoms with E-state index in [1.165, 1.54) is 0 Å². The molecule has 0 aliphatic carbocycles. The van der Waals surface area contributed by atoms with Gasteiger partial charge in [-0.25, -0.2) is 4.79 Å². The molecular weight excluding hydrogens is 502 g/mol. The number of urea groups is 1. The van der Waals surface area contributed by atoms with Crippen LogP contribution in [-0.2, 0) is 21.4 Å². The second-order valence-corrected chi connectivity index (χ2v) is 12.0. The smallest absolute Gasteiger partial charge is 0.315 e. The van der Waals surface area contributed by atoms with Crippen molar-refractivity contribution in [2.45, 2.75) is 69.9 Å². The van der Waals surface area contributed by atoms with E-state index in [1.54, 1.807) is 0 Å². The van der Waals surface area contributed by atoms with Crippen molar-refractivity contribution in [2.24, 2.45) is 5.92 Å². The molecule has 2 unspecified atom stereocenters. The number of anilines is 1. The van der Waals surface area contributed by atoms with Crippen molar-refractivity contribution in [2.75, 3.05) is 37.6 Å². The molecule has 2 aromatic rings. The van der Waals surface area contributed by atoms with Gasteiger partial charge in [0.2, 0.25) is 11.8 Å². The Morgan fingerprint density at radius 2 is 1.75 bits per heavy atom. The Balaban J connectivity index is 1.21. The number of aryl methyl sites for hydroxylation is 1. The highest BCUT2D eigenvalue weighted by atomic mass is 16.2. The minimum Gasteiger partial charge on any atom is -0.341 e. The number of rotatable bonds is 8. The first-order valence-electron chi connectivity index (χ1n) is 14.9. The number of likely N-dealkylation sites (tertiary alicyclic amines) is 1. The molecule has 2 aromatic carbocycles. The van der Waals surface area contributed by atoms with Crippen LogP contribution in [0.2, 0.25) is 0 Å². The van der Waals surface area contributed by atoms with Gasteiger partial charge in [-0.15, -0.1) is 0 Å². The predicted octanol–water partition coefficient (Wildman–Crippen LogP) is 3.60. The Morgan fingerprint density at radius 3 is 2.48 bits per heavy atom. The highest BCUT2D eigenvalue weighted by Gasteiger charge is 2.46. The van der Waals surface area contributed by atoms with Gasteiger partial charge in [0, 0.05) is 31.4 Å². The quantitative estimate of drug-likeness (QED) is 0.473.